The van der Waals surface area contributed by atoms with E-state index < -0.39 is 6.17 Å². The van der Waals surface area contributed by atoms with Crippen LogP contribution in [0.25, 0.3) is 0 Å². The van der Waals surface area contributed by atoms with Gasteiger partial charge in [0.1, 0.15) is 17.1 Å². The lowest BCUT2D eigenvalue weighted by molar-refractivity contribution is 0.126. The van der Waals surface area contributed by atoms with Gasteiger partial charge in [0.25, 0.3) is 0 Å². The normalized spacial score (nSPS) is 27.0. The van der Waals surface area contributed by atoms with Gasteiger partial charge in [-0.1, -0.05) is 11.6 Å². The van der Waals surface area contributed by atoms with Crippen LogP contribution in [0.4, 0.5) is 16.2 Å². The molecule has 7 heteroatoms. The van der Waals surface area contributed by atoms with Crippen molar-refractivity contribution in [3.8, 4) is 0 Å². The molecule has 2 aliphatic rings. The zero-order chi connectivity index (χ0) is 15.5. The largest absolute Gasteiger partial charge is 0.393 e. The van der Waals surface area contributed by atoms with Gasteiger partial charge in [-0.25, -0.2) is 9.37 Å². The fourth-order valence-corrected chi connectivity index (χ4v) is 3.29. The predicted octanol–water partition coefficient (Wildman–Crippen LogP) is 2.78. The summed E-state index contributed by atoms with van der Waals surface area (Å²) in [5.74, 6) is 1.27. The van der Waals surface area contributed by atoms with Crippen LogP contribution in [0, 0.1) is 0 Å². The molecule has 0 spiro atoms. The van der Waals surface area contributed by atoms with E-state index in [1.807, 2.05) is 0 Å². The summed E-state index contributed by atoms with van der Waals surface area (Å²) in [5.41, 5.74) is 0. The molecule has 0 aromatic carbocycles. The molecule has 122 valence electrons. The Balaban J connectivity index is 1.67. The van der Waals surface area contributed by atoms with Crippen molar-refractivity contribution in [1.82, 2.24) is 9.97 Å². The fourth-order valence-electron chi connectivity index (χ4n) is 3.11. The molecule has 1 aliphatic heterocycles. The molecule has 1 aromatic rings. The summed E-state index contributed by atoms with van der Waals surface area (Å²) in [7, 11) is 0. The van der Waals surface area contributed by atoms with E-state index in [0.717, 1.165) is 31.5 Å². The second-order valence-corrected chi connectivity index (χ2v) is 6.57. The minimum absolute atomic E-state index is 0.184. The molecule has 1 aliphatic carbocycles. The topological polar surface area (TPSA) is 61.3 Å². The summed E-state index contributed by atoms with van der Waals surface area (Å²) in [5, 5.41) is 13.3. The SMILES string of the molecule is OC1CCC(Nc2nc(Cl)cc(N3CCC(F)CC3)n2)CC1. The average molecular weight is 329 g/mol. The molecule has 0 unspecified atom stereocenters. The van der Waals surface area contributed by atoms with Crippen molar-refractivity contribution in [2.24, 2.45) is 0 Å². The fraction of sp³-hybridized carbons (Fsp3) is 0.733. The Kier molecular flexibility index (Phi) is 4.98. The van der Waals surface area contributed by atoms with Crippen LogP contribution >= 0.6 is 11.6 Å². The number of halogens is 2. The second kappa shape index (κ2) is 6.96. The Morgan fingerprint density at radius 3 is 2.50 bits per heavy atom. The van der Waals surface area contributed by atoms with Gasteiger partial charge in [-0.05, 0) is 38.5 Å². The van der Waals surface area contributed by atoms with Gasteiger partial charge in [0.2, 0.25) is 5.95 Å². The highest BCUT2D eigenvalue weighted by molar-refractivity contribution is 6.29. The first-order valence-corrected chi connectivity index (χ1v) is 8.36. The maximum atomic E-state index is 13.3. The predicted molar refractivity (Wildman–Crippen MR) is 85.3 cm³/mol. The van der Waals surface area contributed by atoms with Crippen molar-refractivity contribution in [2.45, 2.75) is 56.8 Å². The standard InChI is InChI=1S/C15H22ClFN4O/c16-13-9-14(21-7-5-10(17)6-8-21)20-15(19-13)18-11-1-3-12(22)4-2-11/h9-12,22H,1-8H2,(H,18,19,20). The van der Waals surface area contributed by atoms with Crippen LogP contribution in [-0.4, -0.2) is 46.5 Å². The highest BCUT2D eigenvalue weighted by Crippen LogP contribution is 2.25. The maximum Gasteiger partial charge on any atom is 0.226 e. The lowest BCUT2D eigenvalue weighted by Gasteiger charge is -2.30. The van der Waals surface area contributed by atoms with Gasteiger partial charge in [-0.3, -0.25) is 0 Å². The number of aromatic nitrogens is 2. The van der Waals surface area contributed by atoms with Crippen molar-refractivity contribution < 1.29 is 9.50 Å². The number of aliphatic hydroxyl groups is 1. The van der Waals surface area contributed by atoms with Crippen LogP contribution < -0.4 is 10.2 Å². The summed E-state index contributed by atoms with van der Waals surface area (Å²) >= 11 is 6.11. The van der Waals surface area contributed by atoms with Crippen molar-refractivity contribution in [3.63, 3.8) is 0 Å². The van der Waals surface area contributed by atoms with Gasteiger partial charge < -0.3 is 15.3 Å². The number of piperidine rings is 1. The molecule has 0 atom stereocenters. The quantitative estimate of drug-likeness (QED) is 0.835. The summed E-state index contributed by atoms with van der Waals surface area (Å²) in [6.07, 6.45) is 3.58. The maximum absolute atomic E-state index is 13.3. The van der Waals surface area contributed by atoms with Crippen LogP contribution in [0.1, 0.15) is 38.5 Å². The van der Waals surface area contributed by atoms with Crippen LogP contribution in [0.3, 0.4) is 0 Å². The van der Waals surface area contributed by atoms with Gasteiger partial charge in [0.05, 0.1) is 6.10 Å². The van der Waals surface area contributed by atoms with Crippen molar-refractivity contribution >= 4 is 23.4 Å². The molecule has 2 heterocycles. The average Bonchev–Trinajstić information content (AvgIpc) is 2.50. The number of hydrogen-bond donors (Lipinski definition) is 2. The third-order valence-corrected chi connectivity index (χ3v) is 4.65. The highest BCUT2D eigenvalue weighted by atomic mass is 35.5. The van der Waals surface area contributed by atoms with Crippen LogP contribution in [0.2, 0.25) is 5.15 Å². The van der Waals surface area contributed by atoms with E-state index >= 15 is 0 Å². The Hall–Kier alpha value is -1.14. The second-order valence-electron chi connectivity index (χ2n) is 6.18. The number of aliphatic hydroxyl groups excluding tert-OH is 1. The molecule has 22 heavy (non-hydrogen) atoms. The molecule has 2 fully saturated rings. The molecular formula is C15H22ClFN4O. The third kappa shape index (κ3) is 3.98. The zero-order valence-corrected chi connectivity index (χ0v) is 13.3. The lowest BCUT2D eigenvalue weighted by Crippen LogP contribution is -2.35. The van der Waals surface area contributed by atoms with Gasteiger partial charge in [0.15, 0.2) is 0 Å². The van der Waals surface area contributed by atoms with E-state index in [2.05, 4.69) is 20.2 Å². The Morgan fingerprint density at radius 1 is 1.14 bits per heavy atom. The molecule has 0 amide bonds. The third-order valence-electron chi connectivity index (χ3n) is 4.46. The molecule has 5 nitrogen and oxygen atoms in total. The minimum Gasteiger partial charge on any atom is -0.393 e. The smallest absolute Gasteiger partial charge is 0.226 e. The zero-order valence-electron chi connectivity index (χ0n) is 12.5. The van der Waals surface area contributed by atoms with Crippen LogP contribution in [-0.2, 0) is 0 Å². The first kappa shape index (κ1) is 15.7. The Morgan fingerprint density at radius 2 is 1.82 bits per heavy atom. The Bertz CT molecular complexity index is 502. The molecule has 1 saturated carbocycles. The number of anilines is 2. The van der Waals surface area contributed by atoms with E-state index in [0.29, 0.717) is 37.0 Å². The molecule has 1 aromatic heterocycles. The number of hydrogen-bond acceptors (Lipinski definition) is 5. The molecular weight excluding hydrogens is 307 g/mol. The van der Waals surface area contributed by atoms with Crippen LogP contribution in [0.15, 0.2) is 6.07 Å². The molecule has 0 radical (unpaired) electrons. The molecule has 3 rings (SSSR count). The van der Waals surface area contributed by atoms with E-state index in [1.54, 1.807) is 6.07 Å². The van der Waals surface area contributed by atoms with E-state index in [4.69, 9.17) is 11.6 Å². The summed E-state index contributed by atoms with van der Waals surface area (Å²) in [4.78, 5) is 10.8. The Labute approximate surface area is 134 Å². The van der Waals surface area contributed by atoms with E-state index in [-0.39, 0.29) is 12.1 Å². The van der Waals surface area contributed by atoms with Crippen molar-refractivity contribution in [2.75, 3.05) is 23.3 Å². The lowest BCUT2D eigenvalue weighted by atomic mass is 9.93. The van der Waals surface area contributed by atoms with Crippen molar-refractivity contribution in [1.29, 1.82) is 0 Å². The summed E-state index contributed by atoms with van der Waals surface area (Å²) in [6, 6.07) is 2.00. The number of nitrogens with one attached hydrogen (secondary N) is 1. The first-order chi connectivity index (χ1) is 10.6. The van der Waals surface area contributed by atoms with Gasteiger partial charge in [-0.2, -0.15) is 4.98 Å². The highest BCUT2D eigenvalue weighted by Gasteiger charge is 2.22. The van der Waals surface area contributed by atoms with Gasteiger partial charge in [-0.15, -0.1) is 0 Å². The van der Waals surface area contributed by atoms with E-state index in [9.17, 15) is 9.50 Å². The van der Waals surface area contributed by atoms with Crippen molar-refractivity contribution in [3.05, 3.63) is 11.2 Å². The molecule has 1 saturated heterocycles. The number of nitrogens with zero attached hydrogens (tertiary/aromatic N) is 3. The van der Waals surface area contributed by atoms with Gasteiger partial charge in [0, 0.05) is 25.2 Å². The first-order valence-electron chi connectivity index (χ1n) is 7.98. The number of alkyl halides is 1. The van der Waals surface area contributed by atoms with Gasteiger partial charge >= 0.3 is 0 Å². The molecule has 0 bridgehead atoms. The van der Waals surface area contributed by atoms with E-state index in [1.165, 1.54) is 0 Å². The number of rotatable bonds is 3. The summed E-state index contributed by atoms with van der Waals surface area (Å²) in [6.45, 7) is 1.31. The monoisotopic (exact) mass is 328 g/mol. The van der Waals surface area contributed by atoms with Crippen LogP contribution in [0.5, 0.6) is 0 Å². The minimum atomic E-state index is -0.708. The summed E-state index contributed by atoms with van der Waals surface area (Å²) < 4.78 is 13.3. The molecule has 2 N–H and O–H groups in total.